The molecule has 8 heteroatoms. The van der Waals surface area contributed by atoms with Crippen molar-refractivity contribution in [1.82, 2.24) is 5.32 Å². The maximum atomic E-state index is 12.9. The number of barbiturate groups is 1. The molecule has 1 aliphatic rings. The molecule has 4 amide bonds. The summed E-state index contributed by atoms with van der Waals surface area (Å²) in [5.41, 5.74) is 0.701. The van der Waals surface area contributed by atoms with Crippen LogP contribution < -0.4 is 19.7 Å². The van der Waals surface area contributed by atoms with Crippen molar-refractivity contribution >= 4 is 45.5 Å². The number of hydrogen-bond donors (Lipinski definition) is 1. The highest BCUT2D eigenvalue weighted by Crippen LogP contribution is 2.30. The van der Waals surface area contributed by atoms with Crippen LogP contribution in [0.4, 0.5) is 10.5 Å². The minimum absolute atomic E-state index is 0.175. The molecule has 0 atom stereocenters. The van der Waals surface area contributed by atoms with Gasteiger partial charge in [0.15, 0.2) is 11.5 Å². The summed E-state index contributed by atoms with van der Waals surface area (Å²) in [7, 11) is 1.49. The van der Waals surface area contributed by atoms with Gasteiger partial charge in [-0.1, -0.05) is 40.7 Å². The normalized spacial score (nSPS) is 15.3. The van der Waals surface area contributed by atoms with Crippen LogP contribution in [0.2, 0.25) is 0 Å². The fourth-order valence-electron chi connectivity index (χ4n) is 2.72. The minimum Gasteiger partial charge on any atom is -0.493 e. The molecule has 1 aliphatic heterocycles. The van der Waals surface area contributed by atoms with Crippen LogP contribution in [0.3, 0.4) is 0 Å². The molecule has 0 saturated carbocycles. The van der Waals surface area contributed by atoms with Crippen molar-refractivity contribution in [3.63, 3.8) is 0 Å². The Morgan fingerprint density at radius 2 is 1.93 bits per heavy atom. The number of ether oxygens (including phenoxy) is 2. The number of halogens is 1. The van der Waals surface area contributed by atoms with Crippen molar-refractivity contribution < 1.29 is 23.9 Å². The van der Waals surface area contributed by atoms with Gasteiger partial charge in [0.1, 0.15) is 12.2 Å². The Kier molecular flexibility index (Phi) is 6.13. The van der Waals surface area contributed by atoms with E-state index in [1.165, 1.54) is 13.2 Å². The van der Waals surface area contributed by atoms with Gasteiger partial charge in [-0.2, -0.15) is 0 Å². The van der Waals surface area contributed by atoms with Gasteiger partial charge in [0.25, 0.3) is 11.8 Å². The summed E-state index contributed by atoms with van der Waals surface area (Å²) in [6.45, 7) is 3.90. The van der Waals surface area contributed by atoms with Gasteiger partial charge in [-0.25, -0.2) is 9.69 Å². The first-order valence-corrected chi connectivity index (χ1v) is 9.32. The molecule has 1 fully saturated rings. The van der Waals surface area contributed by atoms with Crippen LogP contribution >= 0.6 is 15.9 Å². The van der Waals surface area contributed by atoms with Crippen LogP contribution in [-0.4, -0.2) is 31.6 Å². The van der Waals surface area contributed by atoms with E-state index in [-0.39, 0.29) is 5.57 Å². The molecule has 1 heterocycles. The van der Waals surface area contributed by atoms with Crippen LogP contribution in [-0.2, 0) is 9.59 Å². The summed E-state index contributed by atoms with van der Waals surface area (Å²) in [5.74, 6) is -0.551. The molecule has 3 rings (SSSR count). The topological polar surface area (TPSA) is 84.9 Å². The molecule has 2 aromatic carbocycles. The summed E-state index contributed by atoms with van der Waals surface area (Å²) in [6.07, 6.45) is 3.00. The molecule has 0 aliphatic carbocycles. The Morgan fingerprint density at radius 3 is 2.62 bits per heavy atom. The van der Waals surface area contributed by atoms with Gasteiger partial charge < -0.3 is 9.47 Å². The Labute approximate surface area is 175 Å². The first-order valence-electron chi connectivity index (χ1n) is 8.53. The Balaban J connectivity index is 1.97. The lowest BCUT2D eigenvalue weighted by Gasteiger charge is -2.26. The fourth-order valence-corrected chi connectivity index (χ4v) is 3.10. The van der Waals surface area contributed by atoms with Crippen molar-refractivity contribution in [2.24, 2.45) is 0 Å². The maximum absolute atomic E-state index is 12.9. The van der Waals surface area contributed by atoms with Crippen molar-refractivity contribution in [2.45, 2.75) is 0 Å². The number of amides is 4. The zero-order valence-electron chi connectivity index (χ0n) is 15.5. The molecular weight excluding hydrogens is 440 g/mol. The summed E-state index contributed by atoms with van der Waals surface area (Å²) in [6, 6.07) is 10.8. The zero-order valence-corrected chi connectivity index (χ0v) is 17.1. The van der Waals surface area contributed by atoms with E-state index in [9.17, 15) is 14.4 Å². The highest BCUT2D eigenvalue weighted by molar-refractivity contribution is 9.10. The number of carbonyl (C=O) groups excluding carboxylic acids is 3. The van der Waals surface area contributed by atoms with Crippen molar-refractivity contribution in [1.29, 1.82) is 0 Å². The third-order valence-corrected chi connectivity index (χ3v) is 4.52. The average molecular weight is 457 g/mol. The highest BCUT2D eigenvalue weighted by Gasteiger charge is 2.36. The van der Waals surface area contributed by atoms with Gasteiger partial charge in [0.05, 0.1) is 12.8 Å². The molecule has 0 bridgehead atoms. The highest BCUT2D eigenvalue weighted by atomic mass is 79.9. The van der Waals surface area contributed by atoms with E-state index in [1.54, 1.807) is 48.5 Å². The van der Waals surface area contributed by atoms with Crippen LogP contribution in [0.15, 0.2) is 65.2 Å². The molecular formula is C21H17BrN2O5. The standard InChI is InChI=1S/C21H17BrN2O5/c1-3-9-29-17-8-7-13(11-18(17)28-2)10-16-19(25)23-21(27)24(20(16)26)15-6-4-5-14(22)12-15/h3-8,10-12H,1,9H2,2H3,(H,23,25,27)/b16-10-. The number of urea groups is 1. The molecule has 7 nitrogen and oxygen atoms in total. The van der Waals surface area contributed by atoms with Crippen LogP contribution in [0.1, 0.15) is 5.56 Å². The third-order valence-electron chi connectivity index (χ3n) is 4.02. The number of hydrogen-bond acceptors (Lipinski definition) is 5. The van der Waals surface area contributed by atoms with E-state index >= 15 is 0 Å². The summed E-state index contributed by atoms with van der Waals surface area (Å²) in [5, 5.41) is 2.19. The van der Waals surface area contributed by atoms with Crippen molar-refractivity contribution in [3.05, 3.63) is 70.7 Å². The lowest BCUT2D eigenvalue weighted by Crippen LogP contribution is -2.54. The van der Waals surface area contributed by atoms with E-state index in [4.69, 9.17) is 9.47 Å². The van der Waals surface area contributed by atoms with Crippen LogP contribution in [0.25, 0.3) is 6.08 Å². The van der Waals surface area contributed by atoms with E-state index in [1.807, 2.05) is 0 Å². The first-order chi connectivity index (χ1) is 13.9. The summed E-state index contributed by atoms with van der Waals surface area (Å²) < 4.78 is 11.5. The lowest BCUT2D eigenvalue weighted by molar-refractivity contribution is -0.122. The molecule has 0 aromatic heterocycles. The van der Waals surface area contributed by atoms with Crippen LogP contribution in [0.5, 0.6) is 11.5 Å². The molecule has 0 spiro atoms. The Bertz CT molecular complexity index is 1030. The second kappa shape index (κ2) is 8.74. The fraction of sp³-hybridized carbons (Fsp3) is 0.0952. The average Bonchev–Trinajstić information content (AvgIpc) is 2.69. The number of methoxy groups -OCH3 is 1. The number of rotatable bonds is 6. The lowest BCUT2D eigenvalue weighted by atomic mass is 10.1. The SMILES string of the molecule is C=CCOc1ccc(/C=C2/C(=O)NC(=O)N(c3cccc(Br)c3)C2=O)cc1OC. The van der Waals surface area contributed by atoms with E-state index in [0.29, 0.717) is 33.8 Å². The monoisotopic (exact) mass is 456 g/mol. The first kappa shape index (κ1) is 20.3. The quantitative estimate of drug-likeness (QED) is 0.407. The van der Waals surface area contributed by atoms with Gasteiger partial charge >= 0.3 is 6.03 Å². The van der Waals surface area contributed by atoms with Gasteiger partial charge in [-0.15, -0.1) is 0 Å². The molecule has 0 radical (unpaired) electrons. The summed E-state index contributed by atoms with van der Waals surface area (Å²) in [4.78, 5) is 38.4. The number of imide groups is 2. The molecule has 0 unspecified atom stereocenters. The van der Waals surface area contributed by atoms with Crippen LogP contribution in [0, 0.1) is 0 Å². The van der Waals surface area contributed by atoms with Gasteiger partial charge in [0, 0.05) is 4.47 Å². The van der Waals surface area contributed by atoms with Crippen molar-refractivity contribution in [2.75, 3.05) is 18.6 Å². The molecule has 1 N–H and O–H groups in total. The van der Waals surface area contributed by atoms with Gasteiger partial charge in [-0.05, 0) is 42.0 Å². The minimum atomic E-state index is -0.805. The van der Waals surface area contributed by atoms with Gasteiger partial charge in [-0.3, -0.25) is 14.9 Å². The predicted octanol–water partition coefficient (Wildman–Crippen LogP) is 3.69. The third kappa shape index (κ3) is 4.38. The Hall–Kier alpha value is -3.39. The largest absolute Gasteiger partial charge is 0.493 e. The number of nitrogens with one attached hydrogen (secondary N) is 1. The predicted molar refractivity (Wildman–Crippen MR) is 112 cm³/mol. The smallest absolute Gasteiger partial charge is 0.335 e. The summed E-state index contributed by atoms with van der Waals surface area (Å²) >= 11 is 3.31. The number of carbonyl (C=O) groups is 3. The molecule has 29 heavy (non-hydrogen) atoms. The van der Waals surface area contributed by atoms with E-state index in [2.05, 4.69) is 27.8 Å². The zero-order chi connectivity index (χ0) is 21.0. The van der Waals surface area contributed by atoms with E-state index < -0.39 is 17.8 Å². The molecule has 2 aromatic rings. The van der Waals surface area contributed by atoms with E-state index in [0.717, 1.165) is 4.90 Å². The second-order valence-electron chi connectivity index (χ2n) is 5.95. The molecule has 1 saturated heterocycles. The number of nitrogens with zero attached hydrogens (tertiary/aromatic N) is 1. The number of benzene rings is 2. The maximum Gasteiger partial charge on any atom is 0.335 e. The second-order valence-corrected chi connectivity index (χ2v) is 6.86. The molecule has 148 valence electrons. The number of anilines is 1. The van der Waals surface area contributed by atoms with Gasteiger partial charge in [0.2, 0.25) is 0 Å². The van der Waals surface area contributed by atoms with Crippen molar-refractivity contribution in [3.8, 4) is 11.5 Å². The Morgan fingerprint density at radius 1 is 1.14 bits per heavy atom.